The second-order valence-corrected chi connectivity index (χ2v) is 15.3. The van der Waals surface area contributed by atoms with Crippen molar-refractivity contribution in [2.45, 2.75) is 67.5 Å². The van der Waals surface area contributed by atoms with Gasteiger partial charge in [0.15, 0.2) is 0 Å². The van der Waals surface area contributed by atoms with Crippen molar-refractivity contribution in [2.75, 3.05) is 19.7 Å². The van der Waals surface area contributed by atoms with Gasteiger partial charge in [0.2, 0.25) is 23.6 Å². The van der Waals surface area contributed by atoms with E-state index < -0.39 is 74.6 Å². The van der Waals surface area contributed by atoms with Crippen molar-refractivity contribution >= 4 is 56.6 Å². The molecular weight excluding hydrogens is 694 g/mol. The summed E-state index contributed by atoms with van der Waals surface area (Å²) in [6.07, 6.45) is 7.97. The average Bonchev–Trinajstić information content (AvgIpc) is 4.07. The number of allylic oxidation sites excluding steroid dienone is 1. The summed E-state index contributed by atoms with van der Waals surface area (Å²) in [6, 6.07) is 4.94. The largest absolute Gasteiger partial charge is 0.472 e. The number of aromatic nitrogens is 1. The Balaban J connectivity index is 1.33. The number of carbonyl (C=O) groups is 5. The lowest BCUT2D eigenvalue weighted by molar-refractivity contribution is -0.141. The van der Waals surface area contributed by atoms with Gasteiger partial charge in [-0.05, 0) is 61.3 Å². The molecule has 0 radical (unpaired) electrons. The Morgan fingerprint density at radius 3 is 2.69 bits per heavy atom. The first kappa shape index (κ1) is 36.5. The number of ether oxygens (including phenoxy) is 2. The number of hydrogen-bond acceptors (Lipinski definition) is 11. The predicted molar refractivity (Wildman–Crippen MR) is 188 cm³/mol. The fraction of sp³-hybridized carbons (Fsp3) is 0.429. The Hall–Kier alpha value is -5.29. The van der Waals surface area contributed by atoms with Crippen LogP contribution in [0.2, 0.25) is 0 Å². The molecule has 4 bridgehead atoms. The Morgan fingerprint density at radius 1 is 1.19 bits per heavy atom. The van der Waals surface area contributed by atoms with Crippen molar-refractivity contribution < 1.29 is 41.9 Å². The van der Waals surface area contributed by atoms with E-state index in [0.29, 0.717) is 31.1 Å². The zero-order valence-corrected chi connectivity index (χ0v) is 29.2. The summed E-state index contributed by atoms with van der Waals surface area (Å²) in [7, 11) is -4.14. The smallest absolute Gasteiger partial charge is 0.407 e. The number of hydrazine groups is 1. The molecule has 5 atom stereocenters. The Morgan fingerprint density at radius 2 is 1.98 bits per heavy atom. The molecule has 2 aromatic rings. The van der Waals surface area contributed by atoms with Crippen molar-refractivity contribution in [1.82, 2.24) is 30.2 Å². The van der Waals surface area contributed by atoms with Crippen LogP contribution in [0.1, 0.15) is 44.1 Å². The minimum absolute atomic E-state index is 0.0376. The second-order valence-electron chi connectivity index (χ2n) is 13.3. The van der Waals surface area contributed by atoms with Crippen molar-refractivity contribution in [1.29, 1.82) is 0 Å². The van der Waals surface area contributed by atoms with Crippen LogP contribution >= 0.6 is 0 Å². The van der Waals surface area contributed by atoms with Gasteiger partial charge in [-0.1, -0.05) is 36.9 Å². The quantitative estimate of drug-likeness (QED) is 0.0938. The first-order valence-electron chi connectivity index (χ1n) is 17.0. The van der Waals surface area contributed by atoms with Crippen molar-refractivity contribution in [2.24, 2.45) is 11.8 Å². The number of nitrogens with two attached hydrogens (primary N) is 1. The number of alkyl carbamates (subject to hydrolysis) is 1. The highest BCUT2D eigenvalue weighted by Gasteiger charge is 2.63. The van der Waals surface area contributed by atoms with Gasteiger partial charge in [0, 0.05) is 30.5 Å². The maximum atomic E-state index is 14.3. The van der Waals surface area contributed by atoms with E-state index in [2.05, 4.69) is 34.1 Å². The molecule has 16 nitrogen and oxygen atoms in total. The zero-order valence-electron chi connectivity index (χ0n) is 28.4. The van der Waals surface area contributed by atoms with Gasteiger partial charge in [-0.25, -0.2) is 24.0 Å². The number of sulfonamides is 1. The van der Waals surface area contributed by atoms with E-state index in [4.69, 9.17) is 15.3 Å². The van der Waals surface area contributed by atoms with E-state index in [1.807, 2.05) is 36.4 Å². The number of fused-ring (bicyclic) bond motifs is 3. The van der Waals surface area contributed by atoms with E-state index in [1.54, 1.807) is 6.20 Å². The Labute approximate surface area is 300 Å². The molecule has 2 aliphatic carbocycles. The number of carbonyl (C=O) groups excluding carboxylic acids is 5. The van der Waals surface area contributed by atoms with Gasteiger partial charge in [-0.15, -0.1) is 6.58 Å². The van der Waals surface area contributed by atoms with Gasteiger partial charge in [0.25, 0.3) is 15.9 Å². The molecular formula is C35H41N7O9S. The summed E-state index contributed by atoms with van der Waals surface area (Å²) >= 11 is 0. The van der Waals surface area contributed by atoms with Crippen LogP contribution in [0.5, 0.6) is 5.88 Å². The molecule has 5 N–H and O–H groups in total. The highest BCUT2D eigenvalue weighted by Crippen LogP contribution is 2.47. The standard InChI is InChI=1S/C35H41N7O9S/c1-3-23-18-35(23,33(46)42(36)52(48,49)25-11-12-25)40-30(44)28-17-24-20-41(28)32(45)27(19-38-29(43)4-2)39-34(47)50-15-7-5-6-8-21-9-10-22-13-14-37-31(51-24)26(22)16-21/h3-4,6,8-10,13-14,16,23-25,27-28H,1-2,5,7,11-12,15,17-20,36H2,(H,38,43)(H,39,47)(H,40,44)/b8-6+/t23-,24-,27+,28+,35-/m1/s1. The monoisotopic (exact) mass is 735 g/mol. The molecule has 276 valence electrons. The van der Waals surface area contributed by atoms with E-state index in [9.17, 15) is 32.4 Å². The molecule has 5 amide bonds. The van der Waals surface area contributed by atoms with Crippen LogP contribution in [0.15, 0.2) is 61.8 Å². The lowest BCUT2D eigenvalue weighted by atomic mass is 10.1. The SMILES string of the molecule is C=CC(=O)NC[C@@H]1NC(=O)OCCC/C=C/c2ccc3ccnc(c3c2)O[C@@H]2C[C@@H](C(=O)N[C@]3(C(=O)N(N)S(=O)(=O)C4CC4)C[C@H]3C=C)N(C2)C1=O. The molecule has 3 fully saturated rings. The van der Waals surface area contributed by atoms with Gasteiger partial charge in [0.05, 0.1) is 18.4 Å². The number of nitrogens with zero attached hydrogens (tertiary/aromatic N) is 3. The number of pyridine rings is 1. The van der Waals surface area contributed by atoms with Crippen molar-refractivity contribution in [3.05, 3.63) is 67.4 Å². The molecule has 52 heavy (non-hydrogen) atoms. The van der Waals surface area contributed by atoms with Crippen LogP contribution in [0.4, 0.5) is 4.79 Å². The third kappa shape index (κ3) is 7.50. The molecule has 17 heteroatoms. The minimum Gasteiger partial charge on any atom is -0.472 e. The molecule has 1 aromatic carbocycles. The minimum atomic E-state index is -4.14. The molecule has 2 saturated carbocycles. The van der Waals surface area contributed by atoms with Gasteiger partial charge >= 0.3 is 6.09 Å². The molecule has 3 heterocycles. The molecule has 2 aliphatic heterocycles. The van der Waals surface area contributed by atoms with Gasteiger partial charge < -0.3 is 30.3 Å². The first-order valence-corrected chi connectivity index (χ1v) is 18.5. The maximum absolute atomic E-state index is 14.3. The fourth-order valence-electron chi connectivity index (χ4n) is 6.49. The molecule has 1 aromatic heterocycles. The van der Waals surface area contributed by atoms with Crippen LogP contribution in [-0.4, -0.2) is 101 Å². The lowest BCUT2D eigenvalue weighted by Gasteiger charge is -2.30. The molecule has 6 rings (SSSR count). The number of rotatable bonds is 9. The highest BCUT2D eigenvalue weighted by atomic mass is 32.2. The number of benzene rings is 1. The molecule has 0 spiro atoms. The molecule has 0 unspecified atom stereocenters. The van der Waals surface area contributed by atoms with E-state index in [0.717, 1.165) is 17.0 Å². The van der Waals surface area contributed by atoms with E-state index >= 15 is 0 Å². The molecule has 1 saturated heterocycles. The number of nitrogens with one attached hydrogen (secondary N) is 3. The topological polar surface area (TPSA) is 219 Å². The summed E-state index contributed by atoms with van der Waals surface area (Å²) < 4.78 is 37.7. The summed E-state index contributed by atoms with van der Waals surface area (Å²) in [5, 5.41) is 8.47. The average molecular weight is 736 g/mol. The van der Waals surface area contributed by atoms with E-state index in [-0.39, 0.29) is 42.8 Å². The third-order valence-corrected chi connectivity index (χ3v) is 11.7. The highest BCUT2D eigenvalue weighted by molar-refractivity contribution is 7.90. The summed E-state index contributed by atoms with van der Waals surface area (Å²) in [5.41, 5.74) is -0.834. The van der Waals surface area contributed by atoms with Crippen LogP contribution in [0.3, 0.4) is 0 Å². The summed E-state index contributed by atoms with van der Waals surface area (Å²) in [6.45, 7) is 6.67. The van der Waals surface area contributed by atoms with Crippen LogP contribution in [0.25, 0.3) is 16.8 Å². The Bertz CT molecular complexity index is 1950. The summed E-state index contributed by atoms with van der Waals surface area (Å²) in [5.74, 6) is 2.35. The van der Waals surface area contributed by atoms with Crippen LogP contribution in [0, 0.1) is 5.92 Å². The number of cyclic esters (lactones) is 1. The van der Waals surface area contributed by atoms with Crippen molar-refractivity contribution in [3.8, 4) is 5.88 Å². The second kappa shape index (κ2) is 14.7. The van der Waals surface area contributed by atoms with Crippen LogP contribution in [-0.2, 0) is 33.9 Å². The fourth-order valence-corrected chi connectivity index (χ4v) is 7.94. The van der Waals surface area contributed by atoms with Gasteiger partial charge in [-0.3, -0.25) is 19.2 Å². The Kier molecular flexibility index (Phi) is 10.4. The first-order chi connectivity index (χ1) is 24.9. The number of hydrogen-bond donors (Lipinski definition) is 4. The third-order valence-electron chi connectivity index (χ3n) is 9.64. The van der Waals surface area contributed by atoms with E-state index in [1.165, 1.54) is 11.0 Å². The van der Waals surface area contributed by atoms with Crippen molar-refractivity contribution in [3.63, 3.8) is 0 Å². The zero-order chi connectivity index (χ0) is 37.2. The van der Waals surface area contributed by atoms with Crippen LogP contribution < -0.4 is 26.5 Å². The lowest BCUT2D eigenvalue weighted by Crippen LogP contribution is -2.61. The summed E-state index contributed by atoms with van der Waals surface area (Å²) in [4.78, 5) is 72.7. The normalized spacial score (nSPS) is 26.8. The van der Waals surface area contributed by atoms with Gasteiger partial charge in [0.1, 0.15) is 23.7 Å². The van der Waals surface area contributed by atoms with Gasteiger partial charge in [-0.2, -0.15) is 4.41 Å². The molecule has 4 aliphatic rings. The maximum Gasteiger partial charge on any atom is 0.407 e. The number of amides is 5. The predicted octanol–water partition coefficient (Wildman–Crippen LogP) is 1.04.